The lowest BCUT2D eigenvalue weighted by Gasteiger charge is -2.05. The molecule has 7 heteroatoms. The van der Waals surface area contributed by atoms with Crippen LogP contribution in [0.15, 0.2) is 39.8 Å². The zero-order valence-electron chi connectivity index (χ0n) is 11.6. The van der Waals surface area contributed by atoms with Crippen molar-refractivity contribution in [3.8, 4) is 0 Å². The Bertz CT molecular complexity index is 637. The van der Waals surface area contributed by atoms with E-state index in [1.807, 2.05) is 18.4 Å². The summed E-state index contributed by atoms with van der Waals surface area (Å²) in [5, 5.41) is 6.07. The van der Waals surface area contributed by atoms with Crippen LogP contribution in [-0.2, 0) is 9.53 Å². The van der Waals surface area contributed by atoms with Crippen LogP contribution >= 0.6 is 11.8 Å². The molecule has 1 aromatic carbocycles. The van der Waals surface area contributed by atoms with Crippen LogP contribution < -0.4 is 5.32 Å². The number of carbonyl (C=O) groups excluding carboxylic acids is 2. The molecule has 0 saturated carbocycles. The predicted molar refractivity (Wildman–Crippen MR) is 78.4 cm³/mol. The van der Waals surface area contributed by atoms with Gasteiger partial charge in [-0.3, -0.25) is 4.79 Å². The number of anilines is 1. The summed E-state index contributed by atoms with van der Waals surface area (Å²) in [6.07, 6.45) is 1.95. The molecular formula is C14H14N2O4S. The molecule has 6 nitrogen and oxygen atoms in total. The Balaban J connectivity index is 1.83. The fraction of sp³-hybridized carbons (Fsp3) is 0.214. The molecule has 0 saturated heterocycles. The third-order valence-electron chi connectivity index (χ3n) is 2.56. The molecule has 0 aliphatic heterocycles. The second-order valence-corrected chi connectivity index (χ2v) is 5.06. The fourth-order valence-electron chi connectivity index (χ4n) is 1.55. The fourth-order valence-corrected chi connectivity index (χ4v) is 1.95. The van der Waals surface area contributed by atoms with E-state index in [1.54, 1.807) is 36.9 Å². The van der Waals surface area contributed by atoms with Crippen LogP contribution in [0, 0.1) is 6.92 Å². The van der Waals surface area contributed by atoms with Crippen molar-refractivity contribution in [2.75, 3.05) is 18.2 Å². The zero-order chi connectivity index (χ0) is 15.2. The Morgan fingerprint density at radius 1 is 1.33 bits per heavy atom. The SMILES string of the molecule is CSc1ccc(C(=O)OCC(=O)Nc2cc(C)on2)cc1. The van der Waals surface area contributed by atoms with E-state index >= 15 is 0 Å². The summed E-state index contributed by atoms with van der Waals surface area (Å²) in [6, 6.07) is 8.53. The highest BCUT2D eigenvalue weighted by Crippen LogP contribution is 2.15. The smallest absolute Gasteiger partial charge is 0.338 e. The molecule has 1 N–H and O–H groups in total. The van der Waals surface area contributed by atoms with Crippen molar-refractivity contribution >= 4 is 29.5 Å². The molecule has 0 radical (unpaired) electrons. The molecule has 1 heterocycles. The minimum Gasteiger partial charge on any atom is -0.452 e. The minimum absolute atomic E-state index is 0.290. The summed E-state index contributed by atoms with van der Waals surface area (Å²) in [4.78, 5) is 24.4. The van der Waals surface area contributed by atoms with Gasteiger partial charge in [-0.25, -0.2) is 4.79 Å². The maximum atomic E-state index is 11.8. The van der Waals surface area contributed by atoms with Crippen molar-refractivity contribution in [1.82, 2.24) is 5.16 Å². The van der Waals surface area contributed by atoms with Gasteiger partial charge in [0, 0.05) is 11.0 Å². The largest absolute Gasteiger partial charge is 0.452 e. The maximum Gasteiger partial charge on any atom is 0.338 e. The second-order valence-electron chi connectivity index (χ2n) is 4.18. The number of thioether (sulfide) groups is 1. The van der Waals surface area contributed by atoms with Gasteiger partial charge in [0.1, 0.15) is 5.76 Å². The number of hydrogen-bond donors (Lipinski definition) is 1. The van der Waals surface area contributed by atoms with Gasteiger partial charge in [-0.1, -0.05) is 5.16 Å². The number of aryl methyl sites for hydroxylation is 1. The van der Waals surface area contributed by atoms with Gasteiger partial charge in [-0.15, -0.1) is 11.8 Å². The van der Waals surface area contributed by atoms with Gasteiger partial charge in [0.05, 0.1) is 5.56 Å². The topological polar surface area (TPSA) is 81.4 Å². The molecule has 2 aromatic rings. The summed E-state index contributed by atoms with van der Waals surface area (Å²) in [5.41, 5.74) is 0.401. The van der Waals surface area contributed by atoms with Crippen LogP contribution in [0.2, 0.25) is 0 Å². The minimum atomic E-state index is -0.547. The van der Waals surface area contributed by atoms with Crippen LogP contribution in [0.1, 0.15) is 16.1 Å². The standard InChI is InChI=1S/C14H14N2O4S/c1-9-7-12(16-20-9)15-13(17)8-19-14(18)10-3-5-11(21-2)6-4-10/h3-7H,8H2,1-2H3,(H,15,16,17). The number of aromatic nitrogens is 1. The Morgan fingerprint density at radius 3 is 2.62 bits per heavy atom. The average Bonchev–Trinajstić information content (AvgIpc) is 2.90. The highest BCUT2D eigenvalue weighted by molar-refractivity contribution is 7.98. The lowest BCUT2D eigenvalue weighted by molar-refractivity contribution is -0.119. The number of esters is 1. The van der Waals surface area contributed by atoms with E-state index in [9.17, 15) is 9.59 Å². The molecular weight excluding hydrogens is 292 g/mol. The molecule has 0 spiro atoms. The van der Waals surface area contributed by atoms with Crippen molar-refractivity contribution in [2.45, 2.75) is 11.8 Å². The third kappa shape index (κ3) is 4.35. The van der Waals surface area contributed by atoms with Gasteiger partial charge >= 0.3 is 5.97 Å². The molecule has 21 heavy (non-hydrogen) atoms. The van der Waals surface area contributed by atoms with Crippen LogP contribution in [-0.4, -0.2) is 29.9 Å². The van der Waals surface area contributed by atoms with Gasteiger partial charge in [-0.2, -0.15) is 0 Å². The quantitative estimate of drug-likeness (QED) is 0.675. The van der Waals surface area contributed by atoms with E-state index in [2.05, 4.69) is 10.5 Å². The van der Waals surface area contributed by atoms with Crippen LogP contribution in [0.3, 0.4) is 0 Å². The monoisotopic (exact) mass is 306 g/mol. The molecule has 0 aliphatic carbocycles. The molecule has 0 atom stereocenters. The number of benzene rings is 1. The first-order chi connectivity index (χ1) is 10.1. The maximum absolute atomic E-state index is 11.8. The molecule has 1 amide bonds. The van der Waals surface area contributed by atoms with Crippen molar-refractivity contribution in [1.29, 1.82) is 0 Å². The van der Waals surface area contributed by atoms with E-state index in [0.717, 1.165) is 4.90 Å². The van der Waals surface area contributed by atoms with E-state index in [1.165, 1.54) is 0 Å². The number of ether oxygens (including phenoxy) is 1. The van der Waals surface area contributed by atoms with E-state index < -0.39 is 11.9 Å². The molecule has 0 unspecified atom stereocenters. The average molecular weight is 306 g/mol. The van der Waals surface area contributed by atoms with Crippen LogP contribution in [0.5, 0.6) is 0 Å². The second kappa shape index (κ2) is 6.94. The van der Waals surface area contributed by atoms with Gasteiger partial charge in [0.15, 0.2) is 12.4 Å². The van der Waals surface area contributed by atoms with Crippen LogP contribution in [0.25, 0.3) is 0 Å². The van der Waals surface area contributed by atoms with Crippen molar-refractivity contribution in [3.05, 3.63) is 41.7 Å². The first-order valence-electron chi connectivity index (χ1n) is 6.13. The van der Waals surface area contributed by atoms with Gasteiger partial charge in [0.2, 0.25) is 0 Å². The van der Waals surface area contributed by atoms with E-state index in [0.29, 0.717) is 11.3 Å². The Hall–Kier alpha value is -2.28. The zero-order valence-corrected chi connectivity index (χ0v) is 12.4. The summed E-state index contributed by atoms with van der Waals surface area (Å²) in [5.74, 6) is -0.152. The van der Waals surface area contributed by atoms with Gasteiger partial charge in [0.25, 0.3) is 5.91 Å². The Morgan fingerprint density at radius 2 is 2.05 bits per heavy atom. The lowest BCUT2D eigenvalue weighted by atomic mass is 10.2. The van der Waals surface area contributed by atoms with Crippen LogP contribution in [0.4, 0.5) is 5.82 Å². The molecule has 110 valence electrons. The highest BCUT2D eigenvalue weighted by Gasteiger charge is 2.11. The molecule has 0 bridgehead atoms. The highest BCUT2D eigenvalue weighted by atomic mass is 32.2. The number of nitrogens with zero attached hydrogens (tertiary/aromatic N) is 1. The van der Waals surface area contributed by atoms with Crippen molar-refractivity contribution in [3.63, 3.8) is 0 Å². The van der Waals surface area contributed by atoms with E-state index in [-0.39, 0.29) is 12.4 Å². The van der Waals surface area contributed by atoms with Gasteiger partial charge < -0.3 is 14.6 Å². The molecule has 2 rings (SSSR count). The van der Waals surface area contributed by atoms with Crippen molar-refractivity contribution < 1.29 is 18.8 Å². The number of rotatable bonds is 5. The van der Waals surface area contributed by atoms with Crippen molar-refractivity contribution in [2.24, 2.45) is 0 Å². The number of amides is 1. The normalized spacial score (nSPS) is 10.2. The lowest BCUT2D eigenvalue weighted by Crippen LogP contribution is -2.21. The Labute approximate surface area is 125 Å². The summed E-state index contributed by atoms with van der Waals surface area (Å²) in [6.45, 7) is 1.33. The molecule has 0 fully saturated rings. The molecule has 1 aromatic heterocycles. The summed E-state index contributed by atoms with van der Waals surface area (Å²) >= 11 is 1.58. The number of hydrogen-bond acceptors (Lipinski definition) is 6. The molecule has 0 aliphatic rings. The predicted octanol–water partition coefficient (Wildman–Crippen LogP) is 2.50. The summed E-state index contributed by atoms with van der Waals surface area (Å²) in [7, 11) is 0. The summed E-state index contributed by atoms with van der Waals surface area (Å²) < 4.78 is 9.73. The van der Waals surface area contributed by atoms with Gasteiger partial charge in [-0.05, 0) is 37.4 Å². The first-order valence-corrected chi connectivity index (χ1v) is 7.35. The van der Waals surface area contributed by atoms with E-state index in [4.69, 9.17) is 9.26 Å². The number of nitrogens with one attached hydrogen (secondary N) is 1. The third-order valence-corrected chi connectivity index (χ3v) is 3.30. The first kappa shape index (κ1) is 15.1. The Kier molecular flexibility index (Phi) is 4.99. The number of carbonyl (C=O) groups is 2.